The van der Waals surface area contributed by atoms with E-state index in [1.54, 1.807) is 23.5 Å². The summed E-state index contributed by atoms with van der Waals surface area (Å²) in [7, 11) is 1.98. The number of hydrogen-bond acceptors (Lipinski definition) is 4. The highest BCUT2D eigenvalue weighted by Gasteiger charge is 2.06. The molecule has 0 aliphatic heterocycles. The molecule has 0 fully saturated rings. The number of aromatic nitrogens is 1. The molecule has 0 spiro atoms. The van der Waals surface area contributed by atoms with Crippen molar-refractivity contribution in [1.29, 1.82) is 0 Å². The van der Waals surface area contributed by atoms with Crippen molar-refractivity contribution >= 4 is 17.3 Å². The van der Waals surface area contributed by atoms with Gasteiger partial charge in [0.2, 0.25) is 0 Å². The third kappa shape index (κ3) is 6.70. The molecular weight excluding hydrogens is 339 g/mol. The van der Waals surface area contributed by atoms with E-state index in [0.717, 1.165) is 23.9 Å². The van der Waals surface area contributed by atoms with E-state index in [1.165, 1.54) is 17.0 Å². The fourth-order valence-corrected chi connectivity index (χ4v) is 2.96. The van der Waals surface area contributed by atoms with Gasteiger partial charge in [-0.1, -0.05) is 0 Å². The Morgan fingerprint density at radius 1 is 1.36 bits per heavy atom. The van der Waals surface area contributed by atoms with Gasteiger partial charge in [-0.05, 0) is 38.1 Å². The molecule has 0 unspecified atom stereocenters. The summed E-state index contributed by atoms with van der Waals surface area (Å²) in [5.41, 5.74) is 0. The minimum atomic E-state index is -0.263. The first kappa shape index (κ1) is 19.2. The summed E-state index contributed by atoms with van der Waals surface area (Å²) < 4.78 is 18.5. The van der Waals surface area contributed by atoms with Crippen LogP contribution < -0.4 is 10.1 Å². The summed E-state index contributed by atoms with van der Waals surface area (Å²) >= 11 is 1.71. The Balaban J connectivity index is 1.80. The van der Waals surface area contributed by atoms with E-state index in [0.29, 0.717) is 25.4 Å². The van der Waals surface area contributed by atoms with Crippen molar-refractivity contribution in [2.24, 2.45) is 4.99 Å². The molecule has 1 aromatic heterocycles. The van der Waals surface area contributed by atoms with Crippen LogP contribution in [0, 0.1) is 12.7 Å². The second kappa shape index (κ2) is 9.98. The normalized spacial score (nSPS) is 11.4. The molecule has 0 saturated carbocycles. The Morgan fingerprint density at radius 3 is 2.76 bits per heavy atom. The van der Waals surface area contributed by atoms with Crippen LogP contribution in [0.5, 0.6) is 5.75 Å². The number of ether oxygens (including phenoxy) is 1. The van der Waals surface area contributed by atoms with Gasteiger partial charge in [-0.3, -0.25) is 4.99 Å². The van der Waals surface area contributed by atoms with Crippen molar-refractivity contribution in [2.45, 2.75) is 20.3 Å². The smallest absolute Gasteiger partial charge is 0.193 e. The second-order valence-corrected chi connectivity index (χ2v) is 6.89. The van der Waals surface area contributed by atoms with Gasteiger partial charge in [-0.25, -0.2) is 9.37 Å². The molecule has 136 valence electrons. The third-order valence-electron chi connectivity index (χ3n) is 3.46. The average Bonchev–Trinajstić information content (AvgIpc) is 3.01. The van der Waals surface area contributed by atoms with Crippen LogP contribution >= 0.6 is 11.3 Å². The van der Waals surface area contributed by atoms with Gasteiger partial charge in [0, 0.05) is 37.6 Å². The number of halogens is 1. The maximum absolute atomic E-state index is 12.9. The summed E-state index contributed by atoms with van der Waals surface area (Å²) in [6.45, 7) is 6.78. The number of benzene rings is 1. The fraction of sp³-hybridized carbons (Fsp3) is 0.444. The Labute approximate surface area is 152 Å². The molecule has 2 aromatic rings. The molecule has 0 amide bonds. The van der Waals surface area contributed by atoms with Gasteiger partial charge in [0.15, 0.2) is 5.96 Å². The van der Waals surface area contributed by atoms with Gasteiger partial charge in [0.25, 0.3) is 0 Å². The second-order valence-electron chi connectivity index (χ2n) is 5.57. The van der Waals surface area contributed by atoms with Crippen molar-refractivity contribution in [3.05, 3.63) is 46.2 Å². The fourth-order valence-electron chi connectivity index (χ4n) is 2.18. The molecule has 1 N–H and O–H groups in total. The molecule has 0 radical (unpaired) electrons. The van der Waals surface area contributed by atoms with Crippen molar-refractivity contribution < 1.29 is 9.13 Å². The SMILES string of the molecule is CCNC(=NCCc1ncc(C)s1)N(C)CCOc1ccc(F)cc1. The van der Waals surface area contributed by atoms with Crippen molar-refractivity contribution in [2.75, 3.05) is 33.3 Å². The number of aryl methyl sites for hydroxylation is 1. The van der Waals surface area contributed by atoms with Crippen LogP contribution in [0.1, 0.15) is 16.8 Å². The molecular formula is C18H25FN4OS. The molecule has 1 aromatic carbocycles. The molecule has 25 heavy (non-hydrogen) atoms. The first-order chi connectivity index (χ1) is 12.1. The predicted octanol–water partition coefficient (Wildman–Crippen LogP) is 3.11. The lowest BCUT2D eigenvalue weighted by molar-refractivity contribution is 0.281. The maximum Gasteiger partial charge on any atom is 0.193 e. The Bertz CT molecular complexity index is 672. The van der Waals surface area contributed by atoms with Gasteiger partial charge >= 0.3 is 0 Å². The summed E-state index contributed by atoms with van der Waals surface area (Å²) in [6, 6.07) is 6.05. The molecule has 0 atom stereocenters. The summed E-state index contributed by atoms with van der Waals surface area (Å²) in [6.07, 6.45) is 2.74. The summed E-state index contributed by atoms with van der Waals surface area (Å²) in [5.74, 6) is 1.25. The first-order valence-electron chi connectivity index (χ1n) is 8.37. The lowest BCUT2D eigenvalue weighted by Crippen LogP contribution is -2.41. The number of thiazole rings is 1. The monoisotopic (exact) mass is 364 g/mol. The topological polar surface area (TPSA) is 49.8 Å². The number of likely N-dealkylation sites (N-methyl/N-ethyl adjacent to an activating group) is 1. The van der Waals surface area contributed by atoms with E-state index >= 15 is 0 Å². The van der Waals surface area contributed by atoms with Gasteiger partial charge in [-0.15, -0.1) is 11.3 Å². The summed E-state index contributed by atoms with van der Waals surface area (Å²) in [4.78, 5) is 12.3. The Kier molecular flexibility index (Phi) is 7.66. The molecule has 0 saturated heterocycles. The van der Waals surface area contributed by atoms with Crippen LogP contribution in [0.4, 0.5) is 4.39 Å². The molecule has 5 nitrogen and oxygen atoms in total. The molecule has 2 rings (SSSR count). The van der Waals surface area contributed by atoms with Crippen molar-refractivity contribution in [3.8, 4) is 5.75 Å². The number of guanidine groups is 1. The van der Waals surface area contributed by atoms with E-state index in [-0.39, 0.29) is 5.82 Å². The largest absolute Gasteiger partial charge is 0.492 e. The van der Waals surface area contributed by atoms with E-state index in [1.807, 2.05) is 25.1 Å². The van der Waals surface area contributed by atoms with E-state index in [9.17, 15) is 4.39 Å². The van der Waals surface area contributed by atoms with Crippen LogP contribution in [0.15, 0.2) is 35.5 Å². The number of nitrogens with one attached hydrogen (secondary N) is 1. The number of aliphatic imine (C=N–C) groups is 1. The van der Waals surface area contributed by atoms with Crippen LogP contribution in [0.3, 0.4) is 0 Å². The highest BCUT2D eigenvalue weighted by atomic mass is 32.1. The lowest BCUT2D eigenvalue weighted by atomic mass is 10.3. The summed E-state index contributed by atoms with van der Waals surface area (Å²) in [5, 5.41) is 4.39. The number of nitrogens with zero attached hydrogens (tertiary/aromatic N) is 3. The highest BCUT2D eigenvalue weighted by Crippen LogP contribution is 2.12. The van der Waals surface area contributed by atoms with Crippen molar-refractivity contribution in [1.82, 2.24) is 15.2 Å². The lowest BCUT2D eigenvalue weighted by Gasteiger charge is -2.22. The molecule has 7 heteroatoms. The molecule has 0 aliphatic rings. The Morgan fingerprint density at radius 2 is 2.12 bits per heavy atom. The van der Waals surface area contributed by atoms with Crippen molar-refractivity contribution in [3.63, 3.8) is 0 Å². The van der Waals surface area contributed by atoms with Crippen LogP contribution in [-0.2, 0) is 6.42 Å². The number of hydrogen-bond donors (Lipinski definition) is 1. The zero-order chi connectivity index (χ0) is 18.1. The highest BCUT2D eigenvalue weighted by molar-refractivity contribution is 7.11. The van der Waals surface area contributed by atoms with Crippen LogP contribution in [0.2, 0.25) is 0 Å². The predicted molar refractivity (Wildman–Crippen MR) is 101 cm³/mol. The quantitative estimate of drug-likeness (QED) is 0.578. The zero-order valence-electron chi connectivity index (χ0n) is 15.0. The van der Waals surface area contributed by atoms with Gasteiger partial charge in [0.1, 0.15) is 18.2 Å². The van der Waals surface area contributed by atoms with Gasteiger partial charge < -0.3 is 15.0 Å². The maximum atomic E-state index is 12.9. The first-order valence-corrected chi connectivity index (χ1v) is 9.19. The number of rotatable bonds is 8. The minimum absolute atomic E-state index is 0.263. The molecule has 1 heterocycles. The zero-order valence-corrected chi connectivity index (χ0v) is 15.8. The van der Waals surface area contributed by atoms with Gasteiger partial charge in [-0.2, -0.15) is 0 Å². The van der Waals surface area contributed by atoms with Crippen LogP contribution in [0.25, 0.3) is 0 Å². The van der Waals surface area contributed by atoms with Gasteiger partial charge in [0.05, 0.1) is 11.6 Å². The average molecular weight is 364 g/mol. The Hall–Kier alpha value is -2.15. The standard InChI is InChI=1S/C18H25FN4OS/c1-4-20-18(21-10-9-17-22-13-14(2)25-17)23(3)11-12-24-16-7-5-15(19)6-8-16/h5-8,13H,4,9-12H2,1-3H3,(H,20,21). The molecule has 0 bridgehead atoms. The minimum Gasteiger partial charge on any atom is -0.492 e. The van der Waals surface area contributed by atoms with E-state index in [2.05, 4.69) is 22.2 Å². The van der Waals surface area contributed by atoms with Crippen LogP contribution in [-0.4, -0.2) is 49.1 Å². The third-order valence-corrected chi connectivity index (χ3v) is 4.43. The molecule has 0 aliphatic carbocycles. The van der Waals surface area contributed by atoms with E-state index < -0.39 is 0 Å². The van der Waals surface area contributed by atoms with E-state index in [4.69, 9.17) is 4.74 Å².